The molecule has 0 fully saturated rings. The molecule has 0 heterocycles. The fraction of sp³-hybridized carbons (Fsp3) is 0.133. The zero-order valence-electron chi connectivity index (χ0n) is 10.4. The molecule has 0 atom stereocenters. The van der Waals surface area contributed by atoms with E-state index in [9.17, 15) is 5.26 Å². The maximum atomic E-state index is 9.18. The molecule has 0 aromatic heterocycles. The van der Waals surface area contributed by atoms with Gasteiger partial charge in [0.15, 0.2) is 0 Å². The standard InChI is InChI=1S/C15H12BrClN2/c1-19(10-11-2-5-14(17)6-3-11)15-7-4-13(16)8-12(15)9-18/h2-8H,10H2,1H3. The Morgan fingerprint density at radius 3 is 2.53 bits per heavy atom. The van der Waals surface area contributed by atoms with Crippen molar-refractivity contribution >= 4 is 33.2 Å². The van der Waals surface area contributed by atoms with Crippen LogP contribution in [-0.2, 0) is 6.54 Å². The first kappa shape index (κ1) is 13.9. The third-order valence-corrected chi connectivity index (χ3v) is 3.57. The summed E-state index contributed by atoms with van der Waals surface area (Å²) in [6.45, 7) is 0.730. The molecule has 0 amide bonds. The van der Waals surface area contributed by atoms with Crippen LogP contribution in [0.5, 0.6) is 0 Å². The molecule has 96 valence electrons. The number of rotatable bonds is 3. The van der Waals surface area contributed by atoms with Gasteiger partial charge in [0.2, 0.25) is 0 Å². The minimum atomic E-state index is 0.658. The number of nitrogens with zero attached hydrogens (tertiary/aromatic N) is 2. The third-order valence-electron chi connectivity index (χ3n) is 2.82. The Morgan fingerprint density at radius 2 is 1.89 bits per heavy atom. The third kappa shape index (κ3) is 3.50. The van der Waals surface area contributed by atoms with Crippen LogP contribution >= 0.6 is 27.5 Å². The molecule has 2 aromatic carbocycles. The number of hydrogen-bond donors (Lipinski definition) is 0. The molecule has 0 aliphatic rings. The van der Waals surface area contributed by atoms with Gasteiger partial charge in [-0.05, 0) is 35.9 Å². The van der Waals surface area contributed by atoms with Crippen LogP contribution in [0.15, 0.2) is 46.9 Å². The van der Waals surface area contributed by atoms with Crippen molar-refractivity contribution in [3.05, 3.63) is 63.1 Å². The summed E-state index contributed by atoms with van der Waals surface area (Å²) in [5, 5.41) is 9.91. The molecular weight excluding hydrogens is 324 g/mol. The summed E-state index contributed by atoms with van der Waals surface area (Å²) >= 11 is 9.25. The average Bonchev–Trinajstić information content (AvgIpc) is 2.41. The minimum Gasteiger partial charge on any atom is -0.369 e. The Bertz CT molecular complexity index is 617. The molecule has 0 aliphatic carbocycles. The number of hydrogen-bond acceptors (Lipinski definition) is 2. The lowest BCUT2D eigenvalue weighted by Crippen LogP contribution is -2.17. The van der Waals surface area contributed by atoms with E-state index in [1.807, 2.05) is 54.4 Å². The molecule has 0 radical (unpaired) electrons. The van der Waals surface area contributed by atoms with Crippen LogP contribution in [-0.4, -0.2) is 7.05 Å². The number of anilines is 1. The summed E-state index contributed by atoms with van der Waals surface area (Å²) in [6, 6.07) is 15.7. The largest absolute Gasteiger partial charge is 0.369 e. The topological polar surface area (TPSA) is 27.0 Å². The van der Waals surface area contributed by atoms with E-state index < -0.39 is 0 Å². The Labute approximate surface area is 126 Å². The molecule has 2 rings (SSSR count). The Hall–Kier alpha value is -1.50. The van der Waals surface area contributed by atoms with E-state index >= 15 is 0 Å². The van der Waals surface area contributed by atoms with Gasteiger partial charge in [-0.1, -0.05) is 39.7 Å². The molecule has 0 saturated carbocycles. The normalized spacial score (nSPS) is 10.0. The summed E-state index contributed by atoms with van der Waals surface area (Å²) < 4.78 is 0.910. The molecule has 0 N–H and O–H groups in total. The van der Waals surface area contributed by atoms with E-state index in [-0.39, 0.29) is 0 Å². The second-order valence-electron chi connectivity index (χ2n) is 4.26. The van der Waals surface area contributed by atoms with E-state index in [2.05, 4.69) is 22.0 Å². The molecule has 0 bridgehead atoms. The first-order valence-corrected chi connectivity index (χ1v) is 6.92. The lowest BCUT2D eigenvalue weighted by molar-refractivity contribution is 0.920. The van der Waals surface area contributed by atoms with Gasteiger partial charge in [0.1, 0.15) is 6.07 Å². The molecule has 0 spiro atoms. The second kappa shape index (κ2) is 6.10. The molecular formula is C15H12BrClN2. The minimum absolute atomic E-state index is 0.658. The smallest absolute Gasteiger partial charge is 0.101 e. The highest BCUT2D eigenvalue weighted by atomic mass is 79.9. The predicted octanol–water partition coefficient (Wildman–Crippen LogP) is 4.61. The molecule has 0 unspecified atom stereocenters. The molecule has 0 aliphatic heterocycles. The van der Waals surface area contributed by atoms with Gasteiger partial charge in [0, 0.05) is 23.1 Å². The van der Waals surface area contributed by atoms with Crippen LogP contribution in [0, 0.1) is 11.3 Å². The predicted molar refractivity (Wildman–Crippen MR) is 82.4 cm³/mol. The Morgan fingerprint density at radius 1 is 1.21 bits per heavy atom. The van der Waals surface area contributed by atoms with Crippen molar-refractivity contribution in [1.29, 1.82) is 5.26 Å². The number of halogens is 2. The van der Waals surface area contributed by atoms with Gasteiger partial charge >= 0.3 is 0 Å². The number of nitriles is 1. The van der Waals surface area contributed by atoms with Crippen molar-refractivity contribution in [2.45, 2.75) is 6.54 Å². The lowest BCUT2D eigenvalue weighted by Gasteiger charge is -2.20. The van der Waals surface area contributed by atoms with E-state index in [0.717, 1.165) is 27.3 Å². The maximum absolute atomic E-state index is 9.18. The second-order valence-corrected chi connectivity index (χ2v) is 5.61. The van der Waals surface area contributed by atoms with Gasteiger partial charge in [-0.2, -0.15) is 5.26 Å². The van der Waals surface area contributed by atoms with E-state index in [1.54, 1.807) is 0 Å². The maximum Gasteiger partial charge on any atom is 0.101 e. The molecule has 2 nitrogen and oxygen atoms in total. The van der Waals surface area contributed by atoms with Crippen molar-refractivity contribution in [3.8, 4) is 6.07 Å². The van der Waals surface area contributed by atoms with Gasteiger partial charge in [-0.25, -0.2) is 0 Å². The summed E-state index contributed by atoms with van der Waals surface area (Å²) in [7, 11) is 1.97. The van der Waals surface area contributed by atoms with Gasteiger partial charge in [0.25, 0.3) is 0 Å². The number of benzene rings is 2. The first-order chi connectivity index (χ1) is 9.10. The zero-order valence-corrected chi connectivity index (χ0v) is 12.7. The highest BCUT2D eigenvalue weighted by Gasteiger charge is 2.08. The average molecular weight is 336 g/mol. The lowest BCUT2D eigenvalue weighted by atomic mass is 10.1. The van der Waals surface area contributed by atoms with E-state index in [0.29, 0.717) is 5.56 Å². The van der Waals surface area contributed by atoms with Gasteiger partial charge < -0.3 is 4.90 Å². The highest BCUT2D eigenvalue weighted by molar-refractivity contribution is 9.10. The monoisotopic (exact) mass is 334 g/mol. The van der Waals surface area contributed by atoms with Crippen molar-refractivity contribution < 1.29 is 0 Å². The Balaban J connectivity index is 2.23. The van der Waals surface area contributed by atoms with E-state index in [4.69, 9.17) is 11.6 Å². The first-order valence-electron chi connectivity index (χ1n) is 5.75. The quantitative estimate of drug-likeness (QED) is 0.819. The van der Waals surface area contributed by atoms with Gasteiger partial charge in [0.05, 0.1) is 11.3 Å². The highest BCUT2D eigenvalue weighted by Crippen LogP contribution is 2.24. The summed E-state index contributed by atoms with van der Waals surface area (Å²) in [5.74, 6) is 0. The molecule has 19 heavy (non-hydrogen) atoms. The van der Waals surface area contributed by atoms with Crippen LogP contribution in [0.3, 0.4) is 0 Å². The van der Waals surface area contributed by atoms with Gasteiger partial charge in [-0.3, -0.25) is 0 Å². The van der Waals surface area contributed by atoms with Crippen molar-refractivity contribution in [3.63, 3.8) is 0 Å². The summed E-state index contributed by atoms with van der Waals surface area (Å²) in [4.78, 5) is 2.05. The van der Waals surface area contributed by atoms with Crippen LogP contribution in [0.2, 0.25) is 5.02 Å². The SMILES string of the molecule is CN(Cc1ccc(Cl)cc1)c1ccc(Br)cc1C#N. The Kier molecular flexibility index (Phi) is 4.47. The summed E-state index contributed by atoms with van der Waals surface area (Å²) in [5.41, 5.74) is 2.73. The fourth-order valence-electron chi connectivity index (χ4n) is 1.88. The van der Waals surface area contributed by atoms with Crippen molar-refractivity contribution in [2.24, 2.45) is 0 Å². The van der Waals surface area contributed by atoms with Crippen LogP contribution in [0.1, 0.15) is 11.1 Å². The summed E-state index contributed by atoms with van der Waals surface area (Å²) in [6.07, 6.45) is 0. The zero-order chi connectivity index (χ0) is 13.8. The molecule has 2 aromatic rings. The fourth-order valence-corrected chi connectivity index (χ4v) is 2.37. The van der Waals surface area contributed by atoms with Crippen LogP contribution < -0.4 is 4.90 Å². The van der Waals surface area contributed by atoms with Crippen molar-refractivity contribution in [2.75, 3.05) is 11.9 Å². The molecule has 0 saturated heterocycles. The van der Waals surface area contributed by atoms with Gasteiger partial charge in [-0.15, -0.1) is 0 Å². The van der Waals surface area contributed by atoms with Crippen LogP contribution in [0.25, 0.3) is 0 Å². The van der Waals surface area contributed by atoms with Crippen LogP contribution in [0.4, 0.5) is 5.69 Å². The van der Waals surface area contributed by atoms with Crippen molar-refractivity contribution in [1.82, 2.24) is 0 Å². The molecule has 4 heteroatoms. The van der Waals surface area contributed by atoms with E-state index in [1.165, 1.54) is 0 Å².